The number of aliphatic carboxylic acids is 1. The van der Waals surface area contributed by atoms with Crippen molar-refractivity contribution in [3.63, 3.8) is 0 Å². The zero-order valence-electron chi connectivity index (χ0n) is 13.1. The SMILES string of the molecule is CC(C)(C)OC(=O)NC1(C2(C(=O)O)CC(N)C2)CCCC1. The Morgan fingerprint density at radius 3 is 2.14 bits per heavy atom. The Bertz CT molecular complexity index is 429. The zero-order chi connectivity index (χ0) is 15.9. The number of hydrogen-bond acceptors (Lipinski definition) is 4. The molecular weight excluding hydrogens is 272 g/mol. The monoisotopic (exact) mass is 298 g/mol. The molecule has 120 valence electrons. The highest BCUT2D eigenvalue weighted by Gasteiger charge is 2.64. The molecule has 0 radical (unpaired) electrons. The summed E-state index contributed by atoms with van der Waals surface area (Å²) in [6, 6.07) is -0.0981. The van der Waals surface area contributed by atoms with E-state index in [9.17, 15) is 14.7 Å². The predicted octanol–water partition coefficient (Wildman–Crippen LogP) is 2.02. The maximum absolute atomic E-state index is 12.2. The first-order valence-electron chi connectivity index (χ1n) is 7.60. The van der Waals surface area contributed by atoms with Gasteiger partial charge in [0.1, 0.15) is 5.60 Å². The number of amides is 1. The van der Waals surface area contributed by atoms with E-state index in [0.717, 1.165) is 12.8 Å². The van der Waals surface area contributed by atoms with Gasteiger partial charge in [0.05, 0.1) is 11.0 Å². The summed E-state index contributed by atoms with van der Waals surface area (Å²) in [6.07, 6.45) is 3.47. The number of nitrogens with two attached hydrogens (primary N) is 1. The van der Waals surface area contributed by atoms with Crippen LogP contribution in [0.2, 0.25) is 0 Å². The van der Waals surface area contributed by atoms with Crippen LogP contribution >= 0.6 is 0 Å². The fraction of sp³-hybridized carbons (Fsp3) is 0.867. The summed E-state index contributed by atoms with van der Waals surface area (Å²) in [5.74, 6) is -0.859. The van der Waals surface area contributed by atoms with Crippen LogP contribution in [0.15, 0.2) is 0 Å². The number of hydrogen-bond donors (Lipinski definition) is 3. The molecule has 6 heteroatoms. The van der Waals surface area contributed by atoms with Crippen LogP contribution in [0.1, 0.15) is 59.3 Å². The Morgan fingerprint density at radius 2 is 1.76 bits per heavy atom. The number of nitrogens with one attached hydrogen (secondary N) is 1. The van der Waals surface area contributed by atoms with Gasteiger partial charge in [-0.05, 0) is 46.5 Å². The lowest BCUT2D eigenvalue weighted by Gasteiger charge is -2.54. The number of carboxylic acid groups (broad SMARTS) is 1. The molecule has 2 aliphatic carbocycles. The van der Waals surface area contributed by atoms with Crippen LogP contribution in [-0.2, 0) is 9.53 Å². The lowest BCUT2D eigenvalue weighted by molar-refractivity contribution is -0.164. The quantitative estimate of drug-likeness (QED) is 0.740. The molecule has 0 atom stereocenters. The summed E-state index contributed by atoms with van der Waals surface area (Å²) >= 11 is 0. The van der Waals surface area contributed by atoms with E-state index < -0.39 is 28.6 Å². The van der Waals surface area contributed by atoms with Crippen LogP contribution < -0.4 is 11.1 Å². The Kier molecular flexibility index (Phi) is 3.95. The number of carbonyl (C=O) groups is 2. The Balaban J connectivity index is 2.21. The summed E-state index contributed by atoms with van der Waals surface area (Å²) in [5, 5.41) is 12.6. The molecule has 0 heterocycles. The van der Waals surface area contributed by atoms with Crippen molar-refractivity contribution in [2.75, 3.05) is 0 Å². The van der Waals surface area contributed by atoms with Crippen molar-refractivity contribution in [2.45, 2.75) is 76.5 Å². The molecule has 0 bridgehead atoms. The van der Waals surface area contributed by atoms with Crippen molar-refractivity contribution in [2.24, 2.45) is 11.1 Å². The summed E-state index contributed by atoms with van der Waals surface area (Å²) in [7, 11) is 0. The molecule has 1 amide bonds. The molecule has 0 spiro atoms. The molecule has 0 aliphatic heterocycles. The van der Waals surface area contributed by atoms with Gasteiger partial charge in [-0.15, -0.1) is 0 Å². The van der Waals surface area contributed by atoms with Gasteiger partial charge in [-0.3, -0.25) is 4.79 Å². The fourth-order valence-electron chi connectivity index (χ4n) is 3.81. The second-order valence-corrected chi connectivity index (χ2v) is 7.47. The molecule has 0 aromatic rings. The minimum atomic E-state index is -0.945. The molecule has 0 saturated heterocycles. The molecule has 21 heavy (non-hydrogen) atoms. The van der Waals surface area contributed by atoms with Crippen molar-refractivity contribution < 1.29 is 19.4 Å². The van der Waals surface area contributed by atoms with E-state index in [1.54, 1.807) is 20.8 Å². The normalized spacial score (nSPS) is 31.3. The van der Waals surface area contributed by atoms with Gasteiger partial charge in [-0.1, -0.05) is 12.8 Å². The topological polar surface area (TPSA) is 102 Å². The smallest absolute Gasteiger partial charge is 0.408 e. The molecular formula is C15H26N2O4. The minimum absolute atomic E-state index is 0.0981. The summed E-state index contributed by atoms with van der Waals surface area (Å²) in [4.78, 5) is 24.0. The summed E-state index contributed by atoms with van der Waals surface area (Å²) in [6.45, 7) is 5.38. The van der Waals surface area contributed by atoms with E-state index in [-0.39, 0.29) is 6.04 Å². The molecule has 0 aromatic carbocycles. The second kappa shape index (κ2) is 5.16. The van der Waals surface area contributed by atoms with Crippen molar-refractivity contribution >= 4 is 12.1 Å². The average Bonchev–Trinajstić information content (AvgIpc) is 2.70. The van der Waals surface area contributed by atoms with Gasteiger partial charge in [-0.25, -0.2) is 4.79 Å². The highest BCUT2D eigenvalue weighted by atomic mass is 16.6. The third-order valence-corrected chi connectivity index (χ3v) is 4.74. The van der Waals surface area contributed by atoms with Crippen molar-refractivity contribution in [1.82, 2.24) is 5.32 Å². The second-order valence-electron chi connectivity index (χ2n) is 7.47. The fourth-order valence-corrected chi connectivity index (χ4v) is 3.81. The molecule has 0 unspecified atom stereocenters. The molecule has 4 N–H and O–H groups in total. The van der Waals surface area contributed by atoms with E-state index in [1.807, 2.05) is 0 Å². The van der Waals surface area contributed by atoms with E-state index in [1.165, 1.54) is 0 Å². The summed E-state index contributed by atoms with van der Waals surface area (Å²) < 4.78 is 5.32. The van der Waals surface area contributed by atoms with Crippen molar-refractivity contribution in [1.29, 1.82) is 0 Å². The molecule has 2 rings (SSSR count). The lowest BCUT2D eigenvalue weighted by Crippen LogP contribution is -2.69. The van der Waals surface area contributed by atoms with Crippen LogP contribution in [-0.4, -0.2) is 34.4 Å². The van der Waals surface area contributed by atoms with Crippen LogP contribution in [0.3, 0.4) is 0 Å². The van der Waals surface area contributed by atoms with Gasteiger partial charge >= 0.3 is 12.1 Å². The molecule has 2 saturated carbocycles. The maximum atomic E-state index is 12.2. The Hall–Kier alpha value is -1.30. The minimum Gasteiger partial charge on any atom is -0.481 e. The largest absolute Gasteiger partial charge is 0.481 e. The number of ether oxygens (including phenoxy) is 1. The van der Waals surface area contributed by atoms with E-state index in [2.05, 4.69) is 5.32 Å². The third-order valence-electron chi connectivity index (χ3n) is 4.74. The molecule has 0 aromatic heterocycles. The number of rotatable bonds is 3. The van der Waals surface area contributed by atoms with E-state index >= 15 is 0 Å². The first kappa shape index (κ1) is 16.1. The van der Waals surface area contributed by atoms with Crippen LogP contribution in [0.4, 0.5) is 4.79 Å². The van der Waals surface area contributed by atoms with Gasteiger partial charge in [0.25, 0.3) is 0 Å². The highest BCUT2D eigenvalue weighted by molar-refractivity contribution is 5.80. The lowest BCUT2D eigenvalue weighted by atomic mass is 9.54. The van der Waals surface area contributed by atoms with E-state index in [4.69, 9.17) is 10.5 Å². The Labute approximate surface area is 125 Å². The van der Waals surface area contributed by atoms with Crippen molar-refractivity contribution in [3.05, 3.63) is 0 Å². The van der Waals surface area contributed by atoms with Crippen molar-refractivity contribution in [3.8, 4) is 0 Å². The first-order valence-corrected chi connectivity index (χ1v) is 7.60. The van der Waals surface area contributed by atoms with Crippen LogP contribution in [0, 0.1) is 5.41 Å². The maximum Gasteiger partial charge on any atom is 0.408 e. The number of alkyl carbamates (subject to hydrolysis) is 1. The van der Waals surface area contributed by atoms with E-state index in [0.29, 0.717) is 25.7 Å². The van der Waals surface area contributed by atoms with Gasteiger partial charge < -0.3 is 20.9 Å². The number of carboxylic acids is 1. The van der Waals surface area contributed by atoms with Crippen LogP contribution in [0.25, 0.3) is 0 Å². The van der Waals surface area contributed by atoms with Gasteiger partial charge in [0.2, 0.25) is 0 Å². The third kappa shape index (κ3) is 2.86. The average molecular weight is 298 g/mol. The first-order chi connectivity index (χ1) is 9.60. The molecule has 2 fully saturated rings. The van der Waals surface area contributed by atoms with Gasteiger partial charge in [0.15, 0.2) is 0 Å². The van der Waals surface area contributed by atoms with Crippen LogP contribution in [0.5, 0.6) is 0 Å². The Morgan fingerprint density at radius 1 is 1.24 bits per heavy atom. The van der Waals surface area contributed by atoms with Gasteiger partial charge in [0, 0.05) is 6.04 Å². The standard InChI is InChI=1S/C15H26N2O4/c1-13(2,3)21-12(20)17-15(6-4-5-7-15)14(11(18)19)8-10(16)9-14/h10H,4-9,16H2,1-3H3,(H,17,20)(H,18,19). The van der Waals surface area contributed by atoms with Gasteiger partial charge in [-0.2, -0.15) is 0 Å². The predicted molar refractivity (Wildman–Crippen MR) is 77.8 cm³/mol. The molecule has 2 aliphatic rings. The molecule has 6 nitrogen and oxygen atoms in total. The highest BCUT2D eigenvalue weighted by Crippen LogP contribution is 2.55. The summed E-state index contributed by atoms with van der Waals surface area (Å²) in [5.41, 5.74) is 3.57. The zero-order valence-corrected chi connectivity index (χ0v) is 13.1. The number of carbonyl (C=O) groups excluding carboxylic acids is 1.